The number of rotatable bonds is 7. The van der Waals surface area contributed by atoms with Crippen LogP contribution in [0.3, 0.4) is 0 Å². The monoisotopic (exact) mass is 421 g/mol. The number of carbonyl (C=O) groups is 2. The highest BCUT2D eigenvalue weighted by Gasteiger charge is 2.61. The number of nitrogens with one attached hydrogen (secondary N) is 3. The molecule has 3 aliphatic carbocycles. The molecule has 0 aromatic heterocycles. The summed E-state index contributed by atoms with van der Waals surface area (Å²) in [4.78, 5) is 25.6. The maximum absolute atomic E-state index is 12.9. The standard InChI is InChI=1S/C20H27N3O5S/c1-2-13-10-20(13,18(25)23-29(27,28)15-8-9-15)22-17(24)16-11-19(26,12-21-16)14-6-4-3-5-7-14/h2-6,13-16,21,26H,1,7-12H2,(H,22,24)(H,23,25)/t13-,14?,16+,19+,20-/m1/s1. The minimum Gasteiger partial charge on any atom is -0.388 e. The average Bonchev–Trinajstić information content (AvgIpc) is 3.60. The van der Waals surface area contributed by atoms with Gasteiger partial charge in [-0.3, -0.25) is 14.3 Å². The van der Waals surface area contributed by atoms with Crippen molar-refractivity contribution in [3.05, 3.63) is 37.0 Å². The van der Waals surface area contributed by atoms with Crippen molar-refractivity contribution in [3.8, 4) is 0 Å². The van der Waals surface area contributed by atoms with Crippen molar-refractivity contribution in [3.63, 3.8) is 0 Å². The van der Waals surface area contributed by atoms with Gasteiger partial charge in [-0.1, -0.05) is 30.4 Å². The quantitative estimate of drug-likeness (QED) is 0.425. The van der Waals surface area contributed by atoms with Crippen LogP contribution < -0.4 is 15.4 Å². The lowest BCUT2D eigenvalue weighted by molar-refractivity contribution is -0.130. The zero-order valence-corrected chi connectivity index (χ0v) is 17.0. The van der Waals surface area contributed by atoms with Gasteiger partial charge >= 0.3 is 0 Å². The topological polar surface area (TPSA) is 125 Å². The van der Waals surface area contributed by atoms with Crippen molar-refractivity contribution in [1.82, 2.24) is 15.4 Å². The second kappa shape index (κ2) is 7.07. The lowest BCUT2D eigenvalue weighted by atomic mass is 9.81. The predicted molar refractivity (Wildman–Crippen MR) is 107 cm³/mol. The Morgan fingerprint density at radius 3 is 2.59 bits per heavy atom. The minimum absolute atomic E-state index is 0.0828. The highest BCUT2D eigenvalue weighted by molar-refractivity contribution is 7.91. The van der Waals surface area contributed by atoms with Crippen LogP contribution in [0.4, 0.5) is 0 Å². The van der Waals surface area contributed by atoms with Crippen LogP contribution in [-0.2, 0) is 19.6 Å². The molecule has 0 bridgehead atoms. The summed E-state index contributed by atoms with van der Waals surface area (Å²) in [5.41, 5.74) is -2.34. The van der Waals surface area contributed by atoms with Crippen LogP contribution in [0.5, 0.6) is 0 Å². The molecule has 9 heteroatoms. The highest BCUT2D eigenvalue weighted by Crippen LogP contribution is 2.45. The van der Waals surface area contributed by atoms with Crippen molar-refractivity contribution in [2.24, 2.45) is 11.8 Å². The molecule has 1 aliphatic heterocycles. The molecule has 0 spiro atoms. The van der Waals surface area contributed by atoms with E-state index in [9.17, 15) is 23.1 Å². The third kappa shape index (κ3) is 3.78. The van der Waals surface area contributed by atoms with E-state index in [0.717, 1.165) is 0 Å². The first-order chi connectivity index (χ1) is 13.7. The van der Waals surface area contributed by atoms with Crippen LogP contribution in [0, 0.1) is 11.8 Å². The van der Waals surface area contributed by atoms with Crippen molar-refractivity contribution in [1.29, 1.82) is 0 Å². The second-order valence-corrected chi connectivity index (χ2v) is 10.5. The van der Waals surface area contributed by atoms with Gasteiger partial charge < -0.3 is 15.7 Å². The van der Waals surface area contributed by atoms with Gasteiger partial charge in [-0.05, 0) is 25.7 Å². The molecule has 2 amide bonds. The lowest BCUT2D eigenvalue weighted by Gasteiger charge is -2.30. The fraction of sp³-hybridized carbons (Fsp3) is 0.600. The average molecular weight is 422 g/mol. The number of hydrogen-bond donors (Lipinski definition) is 4. The first-order valence-corrected chi connectivity index (χ1v) is 11.5. The van der Waals surface area contributed by atoms with E-state index in [1.165, 1.54) is 0 Å². The molecular weight excluding hydrogens is 394 g/mol. The molecule has 158 valence electrons. The van der Waals surface area contributed by atoms with E-state index in [-0.39, 0.29) is 24.8 Å². The van der Waals surface area contributed by atoms with Crippen LogP contribution in [0.15, 0.2) is 37.0 Å². The van der Waals surface area contributed by atoms with Gasteiger partial charge in [0, 0.05) is 24.8 Å². The van der Waals surface area contributed by atoms with Gasteiger partial charge in [-0.15, -0.1) is 6.58 Å². The van der Waals surface area contributed by atoms with Gasteiger partial charge in [0.05, 0.1) is 16.9 Å². The van der Waals surface area contributed by atoms with Crippen molar-refractivity contribution >= 4 is 21.8 Å². The van der Waals surface area contributed by atoms with Crippen LogP contribution in [0.2, 0.25) is 0 Å². The van der Waals surface area contributed by atoms with E-state index in [1.54, 1.807) is 6.08 Å². The van der Waals surface area contributed by atoms with E-state index in [4.69, 9.17) is 0 Å². The molecule has 4 aliphatic rings. The lowest BCUT2D eigenvalue weighted by Crippen LogP contribution is -2.55. The molecule has 1 saturated heterocycles. The Labute approximate surface area is 170 Å². The molecule has 2 saturated carbocycles. The Morgan fingerprint density at radius 1 is 1.24 bits per heavy atom. The summed E-state index contributed by atoms with van der Waals surface area (Å²) in [6.07, 6.45) is 11.6. The zero-order valence-electron chi connectivity index (χ0n) is 16.1. The van der Waals surface area contributed by atoms with Crippen LogP contribution in [-0.4, -0.2) is 54.3 Å². The van der Waals surface area contributed by atoms with Crippen LogP contribution in [0.25, 0.3) is 0 Å². The molecule has 1 heterocycles. The van der Waals surface area contributed by atoms with E-state index >= 15 is 0 Å². The summed E-state index contributed by atoms with van der Waals surface area (Å²) < 4.78 is 26.4. The molecule has 4 N–H and O–H groups in total. The van der Waals surface area contributed by atoms with Gasteiger partial charge in [-0.25, -0.2) is 8.42 Å². The van der Waals surface area contributed by atoms with Gasteiger partial charge in [0.1, 0.15) is 5.54 Å². The van der Waals surface area contributed by atoms with E-state index in [0.29, 0.717) is 25.7 Å². The van der Waals surface area contributed by atoms with Crippen molar-refractivity contribution < 1.29 is 23.1 Å². The highest BCUT2D eigenvalue weighted by atomic mass is 32.2. The number of allylic oxidation sites excluding steroid dienone is 3. The summed E-state index contributed by atoms with van der Waals surface area (Å²) in [5.74, 6) is -1.54. The van der Waals surface area contributed by atoms with Gasteiger partial charge in [0.25, 0.3) is 5.91 Å². The molecular formula is C20H27N3O5S. The fourth-order valence-corrected chi connectivity index (χ4v) is 5.63. The van der Waals surface area contributed by atoms with Crippen LogP contribution >= 0.6 is 0 Å². The molecule has 3 fully saturated rings. The maximum Gasteiger partial charge on any atom is 0.259 e. The fourth-order valence-electron chi connectivity index (χ4n) is 4.27. The molecule has 0 aromatic rings. The number of hydrogen-bond acceptors (Lipinski definition) is 6. The van der Waals surface area contributed by atoms with Gasteiger partial charge in [0.15, 0.2) is 0 Å². The van der Waals surface area contributed by atoms with Gasteiger partial charge in [0.2, 0.25) is 15.9 Å². The Kier molecular flexibility index (Phi) is 4.95. The molecule has 29 heavy (non-hydrogen) atoms. The summed E-state index contributed by atoms with van der Waals surface area (Å²) >= 11 is 0. The first-order valence-electron chi connectivity index (χ1n) is 10.00. The van der Waals surface area contributed by atoms with E-state index < -0.39 is 44.3 Å². The van der Waals surface area contributed by atoms with Crippen molar-refractivity contribution in [2.45, 2.75) is 54.5 Å². The largest absolute Gasteiger partial charge is 0.388 e. The maximum atomic E-state index is 12.9. The SMILES string of the molecule is C=C[C@@H]1C[C@]1(NC(=O)[C@@H]1C[C@@](O)(C2C=CC=CC2)CN1)C(=O)NS(=O)(=O)C1CC1. The van der Waals surface area contributed by atoms with Crippen LogP contribution in [0.1, 0.15) is 32.1 Å². The molecule has 1 unspecified atom stereocenters. The summed E-state index contributed by atoms with van der Waals surface area (Å²) in [7, 11) is -3.70. The number of β-amino-alcohol motifs (C(OH)–C–C–N with tert-alkyl or cyclic N) is 1. The zero-order chi connectivity index (χ0) is 20.9. The number of aliphatic hydroxyl groups is 1. The Balaban J connectivity index is 1.42. The molecule has 5 atom stereocenters. The predicted octanol–water partition coefficient (Wildman–Crippen LogP) is -0.119. The van der Waals surface area contributed by atoms with Crippen molar-refractivity contribution in [2.75, 3.05) is 6.54 Å². The van der Waals surface area contributed by atoms with E-state index in [1.807, 2.05) is 24.3 Å². The smallest absolute Gasteiger partial charge is 0.259 e. The first kappa shape index (κ1) is 20.3. The third-order valence-electron chi connectivity index (χ3n) is 6.45. The molecule has 8 nitrogen and oxygen atoms in total. The molecule has 4 rings (SSSR count). The third-order valence-corrected chi connectivity index (χ3v) is 8.27. The molecule has 0 aromatic carbocycles. The Hall–Kier alpha value is -1.97. The summed E-state index contributed by atoms with van der Waals surface area (Å²) in [6.45, 7) is 3.95. The second-order valence-electron chi connectivity index (χ2n) is 8.58. The number of amides is 2. The molecule has 0 radical (unpaired) electrons. The Bertz CT molecular complexity index is 894. The normalized spacial score (nSPS) is 38.4. The minimum atomic E-state index is -3.70. The van der Waals surface area contributed by atoms with E-state index in [2.05, 4.69) is 21.9 Å². The summed E-state index contributed by atoms with van der Waals surface area (Å²) in [6, 6.07) is -0.657. The van der Waals surface area contributed by atoms with Gasteiger partial charge in [-0.2, -0.15) is 0 Å². The number of carbonyl (C=O) groups excluding carboxylic acids is 2. The Morgan fingerprint density at radius 2 is 2.00 bits per heavy atom. The summed E-state index contributed by atoms with van der Waals surface area (Å²) in [5, 5.41) is 16.2. The number of sulfonamides is 1.